The second-order valence-electron chi connectivity index (χ2n) is 5.47. The van der Waals surface area contributed by atoms with Gasteiger partial charge in [-0.25, -0.2) is 4.39 Å². The van der Waals surface area contributed by atoms with Crippen molar-refractivity contribution in [3.8, 4) is 0 Å². The van der Waals surface area contributed by atoms with Crippen molar-refractivity contribution in [3.05, 3.63) is 35.1 Å². The summed E-state index contributed by atoms with van der Waals surface area (Å²) in [5.74, 6) is 0.399. The van der Waals surface area contributed by atoms with Crippen molar-refractivity contribution in [3.63, 3.8) is 0 Å². The van der Waals surface area contributed by atoms with Crippen LogP contribution in [0, 0.1) is 11.7 Å². The molecular weight excluding hydrogens is 259 g/mol. The standard InChI is InChI=1S/C15H21FN2S/c1-10-5-4-8-18(11(10)2)9-12-6-3-7-13(14(12)16)15(17)19/h3,6-7,10-11H,4-5,8-9H2,1-2H3,(H2,17,19). The summed E-state index contributed by atoms with van der Waals surface area (Å²) in [5.41, 5.74) is 6.58. The van der Waals surface area contributed by atoms with Crippen LogP contribution in [0.4, 0.5) is 4.39 Å². The van der Waals surface area contributed by atoms with Gasteiger partial charge in [-0.3, -0.25) is 4.90 Å². The molecule has 4 heteroatoms. The first-order valence-electron chi connectivity index (χ1n) is 6.82. The molecule has 0 amide bonds. The first-order chi connectivity index (χ1) is 9.00. The van der Waals surface area contributed by atoms with Crippen molar-refractivity contribution in [2.24, 2.45) is 11.7 Å². The fraction of sp³-hybridized carbons (Fsp3) is 0.533. The summed E-state index contributed by atoms with van der Waals surface area (Å²) in [4.78, 5) is 2.47. The van der Waals surface area contributed by atoms with Gasteiger partial charge >= 0.3 is 0 Å². The molecule has 0 aromatic heterocycles. The molecule has 0 spiro atoms. The number of hydrogen-bond donors (Lipinski definition) is 1. The summed E-state index contributed by atoms with van der Waals surface area (Å²) >= 11 is 4.88. The lowest BCUT2D eigenvalue weighted by molar-refractivity contribution is 0.105. The largest absolute Gasteiger partial charge is 0.389 e. The molecule has 0 radical (unpaired) electrons. The third-order valence-electron chi connectivity index (χ3n) is 4.22. The predicted molar refractivity (Wildman–Crippen MR) is 80.6 cm³/mol. The van der Waals surface area contributed by atoms with E-state index in [1.165, 1.54) is 12.8 Å². The molecule has 1 aromatic rings. The third-order valence-corrected chi connectivity index (χ3v) is 4.44. The first-order valence-corrected chi connectivity index (χ1v) is 7.22. The zero-order valence-electron chi connectivity index (χ0n) is 11.5. The number of nitrogens with two attached hydrogens (primary N) is 1. The van der Waals surface area contributed by atoms with Crippen LogP contribution in [0.5, 0.6) is 0 Å². The van der Waals surface area contributed by atoms with E-state index in [4.69, 9.17) is 18.0 Å². The van der Waals surface area contributed by atoms with Crippen LogP contribution < -0.4 is 5.73 Å². The summed E-state index contributed by atoms with van der Waals surface area (Å²) < 4.78 is 14.3. The number of rotatable bonds is 3. The van der Waals surface area contributed by atoms with Crippen LogP contribution in [0.25, 0.3) is 0 Å². The number of nitrogens with zero attached hydrogens (tertiary/aromatic N) is 1. The highest BCUT2D eigenvalue weighted by Crippen LogP contribution is 2.25. The Hall–Kier alpha value is -1.00. The second-order valence-corrected chi connectivity index (χ2v) is 5.91. The monoisotopic (exact) mass is 280 g/mol. The second kappa shape index (κ2) is 5.97. The van der Waals surface area contributed by atoms with Crippen molar-refractivity contribution >= 4 is 17.2 Å². The van der Waals surface area contributed by atoms with Crippen molar-refractivity contribution in [1.82, 2.24) is 4.90 Å². The maximum absolute atomic E-state index is 14.3. The van der Waals surface area contributed by atoms with E-state index in [0.29, 0.717) is 29.6 Å². The Labute approximate surface area is 119 Å². The van der Waals surface area contributed by atoms with Crippen molar-refractivity contribution in [1.29, 1.82) is 0 Å². The average molecular weight is 280 g/mol. The fourth-order valence-corrected chi connectivity index (χ4v) is 2.91. The van der Waals surface area contributed by atoms with Crippen LogP contribution in [0.15, 0.2) is 18.2 Å². The van der Waals surface area contributed by atoms with Gasteiger partial charge in [-0.1, -0.05) is 31.3 Å². The Morgan fingerprint density at radius 2 is 2.21 bits per heavy atom. The van der Waals surface area contributed by atoms with E-state index < -0.39 is 0 Å². The van der Waals surface area contributed by atoms with E-state index in [0.717, 1.165) is 6.54 Å². The maximum atomic E-state index is 14.3. The molecule has 0 bridgehead atoms. The molecule has 104 valence electrons. The minimum absolute atomic E-state index is 0.124. The highest BCUT2D eigenvalue weighted by molar-refractivity contribution is 7.80. The van der Waals surface area contributed by atoms with Gasteiger partial charge < -0.3 is 5.73 Å². The summed E-state index contributed by atoms with van der Waals surface area (Å²) in [6.07, 6.45) is 2.44. The van der Waals surface area contributed by atoms with Gasteiger partial charge in [0.1, 0.15) is 10.8 Å². The van der Waals surface area contributed by atoms with Crippen LogP contribution in [0.2, 0.25) is 0 Å². The van der Waals surface area contributed by atoms with E-state index in [2.05, 4.69) is 18.7 Å². The average Bonchev–Trinajstić information content (AvgIpc) is 2.37. The number of thiocarbonyl (C=S) groups is 1. The number of piperidine rings is 1. The lowest BCUT2D eigenvalue weighted by Crippen LogP contribution is -2.41. The molecule has 0 saturated carbocycles. The van der Waals surface area contributed by atoms with Gasteiger partial charge in [0.25, 0.3) is 0 Å². The zero-order valence-corrected chi connectivity index (χ0v) is 12.3. The predicted octanol–water partition coefficient (Wildman–Crippen LogP) is 3.08. The topological polar surface area (TPSA) is 29.3 Å². The van der Waals surface area contributed by atoms with Crippen molar-refractivity contribution < 1.29 is 4.39 Å². The fourth-order valence-electron chi connectivity index (χ4n) is 2.76. The highest BCUT2D eigenvalue weighted by Gasteiger charge is 2.25. The van der Waals surface area contributed by atoms with Crippen LogP contribution in [0.1, 0.15) is 37.8 Å². The molecule has 1 aliphatic heterocycles. The Kier molecular flexibility index (Phi) is 4.53. The SMILES string of the molecule is CC1CCCN(Cc2cccc(C(N)=S)c2F)C1C. The quantitative estimate of drug-likeness (QED) is 0.863. The number of hydrogen-bond acceptors (Lipinski definition) is 2. The molecule has 1 aliphatic rings. The molecule has 0 aliphatic carbocycles. The lowest BCUT2D eigenvalue weighted by atomic mass is 9.91. The van der Waals surface area contributed by atoms with Gasteiger partial charge in [0.15, 0.2) is 0 Å². The van der Waals surface area contributed by atoms with E-state index in [9.17, 15) is 4.39 Å². The van der Waals surface area contributed by atoms with Crippen LogP contribution in [0.3, 0.4) is 0 Å². The van der Waals surface area contributed by atoms with Crippen LogP contribution >= 0.6 is 12.2 Å². The first kappa shape index (κ1) is 14.4. The molecule has 1 saturated heterocycles. The van der Waals surface area contributed by atoms with E-state index in [-0.39, 0.29) is 10.8 Å². The summed E-state index contributed by atoms with van der Waals surface area (Å²) in [6, 6.07) is 5.78. The lowest BCUT2D eigenvalue weighted by Gasteiger charge is -2.38. The summed E-state index contributed by atoms with van der Waals surface area (Å²) in [7, 11) is 0. The Morgan fingerprint density at radius 1 is 1.47 bits per heavy atom. The highest BCUT2D eigenvalue weighted by atomic mass is 32.1. The molecule has 19 heavy (non-hydrogen) atoms. The van der Waals surface area contributed by atoms with Gasteiger partial charge in [-0.05, 0) is 38.3 Å². The smallest absolute Gasteiger partial charge is 0.137 e. The van der Waals surface area contributed by atoms with E-state index in [1.807, 2.05) is 12.1 Å². The normalized spacial score (nSPS) is 24.4. The number of halogens is 1. The third kappa shape index (κ3) is 3.12. The zero-order chi connectivity index (χ0) is 14.0. The minimum atomic E-state index is -0.263. The van der Waals surface area contributed by atoms with Crippen LogP contribution in [-0.4, -0.2) is 22.5 Å². The summed E-state index contributed by atoms with van der Waals surface area (Å²) in [5, 5.41) is 0. The van der Waals surface area contributed by atoms with Gasteiger partial charge in [-0.2, -0.15) is 0 Å². The molecule has 2 rings (SSSR count). The Balaban J connectivity index is 2.19. The molecule has 2 atom stereocenters. The van der Waals surface area contributed by atoms with Crippen molar-refractivity contribution in [2.75, 3.05) is 6.54 Å². The molecule has 1 heterocycles. The molecule has 2 unspecified atom stereocenters. The Bertz CT molecular complexity index is 475. The molecule has 2 N–H and O–H groups in total. The summed E-state index contributed by atoms with van der Waals surface area (Å²) in [6.45, 7) is 6.15. The van der Waals surface area contributed by atoms with E-state index in [1.54, 1.807) is 6.07 Å². The van der Waals surface area contributed by atoms with Gasteiger partial charge in [-0.15, -0.1) is 0 Å². The molecule has 2 nitrogen and oxygen atoms in total. The minimum Gasteiger partial charge on any atom is -0.389 e. The van der Waals surface area contributed by atoms with Gasteiger partial charge in [0.05, 0.1) is 0 Å². The maximum Gasteiger partial charge on any atom is 0.137 e. The number of likely N-dealkylation sites (tertiary alicyclic amines) is 1. The molecule has 1 fully saturated rings. The molecular formula is C15H21FN2S. The molecule has 1 aromatic carbocycles. The van der Waals surface area contributed by atoms with Crippen LogP contribution in [-0.2, 0) is 6.54 Å². The van der Waals surface area contributed by atoms with Crippen molar-refractivity contribution in [2.45, 2.75) is 39.3 Å². The Morgan fingerprint density at radius 3 is 2.89 bits per heavy atom. The van der Waals surface area contributed by atoms with Gasteiger partial charge in [0.2, 0.25) is 0 Å². The van der Waals surface area contributed by atoms with Gasteiger partial charge in [0, 0.05) is 23.7 Å². The number of benzene rings is 1. The van der Waals surface area contributed by atoms with E-state index >= 15 is 0 Å².